The molecule has 2 atom stereocenters. The second-order valence-corrected chi connectivity index (χ2v) is 7.72. The average Bonchev–Trinajstić information content (AvgIpc) is 3.23. The average molecular weight is 344 g/mol. The summed E-state index contributed by atoms with van der Waals surface area (Å²) in [5.41, 5.74) is 4.82. The highest BCUT2D eigenvalue weighted by molar-refractivity contribution is 5.59. The summed E-state index contributed by atoms with van der Waals surface area (Å²) in [5, 5.41) is 0. The molecule has 0 spiro atoms. The Morgan fingerprint density at radius 2 is 1.81 bits per heavy atom. The number of fused-ring (bicyclic) bond motifs is 2. The van der Waals surface area contributed by atoms with Gasteiger partial charge in [0.2, 0.25) is 0 Å². The second-order valence-electron chi connectivity index (χ2n) is 7.72. The number of hydrogen-bond donors (Lipinski definition) is 0. The Hall–Kier alpha value is -2.46. The molecular weight excluding hydrogens is 320 g/mol. The van der Waals surface area contributed by atoms with Crippen molar-refractivity contribution in [1.82, 2.24) is 19.4 Å². The minimum Gasteiger partial charge on any atom is -0.328 e. The van der Waals surface area contributed by atoms with Crippen LogP contribution in [0.15, 0.2) is 54.7 Å². The van der Waals surface area contributed by atoms with Gasteiger partial charge in [0.25, 0.3) is 0 Å². The van der Waals surface area contributed by atoms with Crippen molar-refractivity contribution >= 4 is 0 Å². The van der Waals surface area contributed by atoms with Crippen LogP contribution < -0.4 is 0 Å². The molecule has 4 heterocycles. The molecule has 4 heteroatoms. The van der Waals surface area contributed by atoms with Crippen molar-refractivity contribution in [3.8, 4) is 11.3 Å². The molecule has 1 saturated heterocycles. The van der Waals surface area contributed by atoms with Gasteiger partial charge < -0.3 is 4.57 Å². The van der Waals surface area contributed by atoms with Gasteiger partial charge in [-0.15, -0.1) is 0 Å². The Morgan fingerprint density at radius 3 is 2.65 bits per heavy atom. The van der Waals surface area contributed by atoms with E-state index < -0.39 is 0 Å². The molecule has 1 fully saturated rings. The Labute approximate surface area is 154 Å². The molecule has 2 aromatic heterocycles. The van der Waals surface area contributed by atoms with E-state index in [0.717, 1.165) is 44.2 Å². The van der Waals surface area contributed by atoms with Gasteiger partial charge in [-0.1, -0.05) is 36.4 Å². The van der Waals surface area contributed by atoms with E-state index in [0.29, 0.717) is 5.92 Å². The minimum absolute atomic E-state index is 0.712. The van der Waals surface area contributed by atoms with Crippen LogP contribution in [0.25, 0.3) is 11.3 Å². The maximum atomic E-state index is 4.75. The molecule has 3 aromatic rings. The summed E-state index contributed by atoms with van der Waals surface area (Å²) >= 11 is 0. The molecule has 0 N–H and O–H groups in total. The molecule has 0 unspecified atom stereocenters. The normalized spacial score (nSPS) is 22.2. The van der Waals surface area contributed by atoms with Gasteiger partial charge in [-0.2, -0.15) is 0 Å². The van der Waals surface area contributed by atoms with Crippen molar-refractivity contribution in [2.45, 2.75) is 26.4 Å². The van der Waals surface area contributed by atoms with E-state index in [2.05, 4.69) is 76.1 Å². The number of pyridine rings is 1. The fourth-order valence-corrected chi connectivity index (χ4v) is 4.61. The van der Waals surface area contributed by atoms with Gasteiger partial charge >= 0.3 is 0 Å². The molecule has 2 aliphatic rings. The van der Waals surface area contributed by atoms with E-state index in [9.17, 15) is 0 Å². The Kier molecular flexibility index (Phi) is 3.86. The Balaban J connectivity index is 1.34. The third kappa shape index (κ3) is 2.84. The van der Waals surface area contributed by atoms with E-state index in [1.807, 2.05) is 0 Å². The number of nitrogens with zero attached hydrogens (tertiary/aromatic N) is 4. The van der Waals surface area contributed by atoms with Crippen LogP contribution in [-0.2, 0) is 19.5 Å². The van der Waals surface area contributed by atoms with Crippen LogP contribution in [0.5, 0.6) is 0 Å². The first-order valence-corrected chi connectivity index (χ1v) is 9.51. The van der Waals surface area contributed by atoms with Gasteiger partial charge in [0.15, 0.2) is 0 Å². The predicted octanol–water partition coefficient (Wildman–Crippen LogP) is 3.56. The highest BCUT2D eigenvalue weighted by Crippen LogP contribution is 2.35. The van der Waals surface area contributed by atoms with Gasteiger partial charge in [-0.3, -0.25) is 9.88 Å². The lowest BCUT2D eigenvalue weighted by Crippen LogP contribution is -2.28. The first kappa shape index (κ1) is 15.8. The van der Waals surface area contributed by atoms with Crippen molar-refractivity contribution < 1.29 is 0 Å². The van der Waals surface area contributed by atoms with Crippen LogP contribution in [0.4, 0.5) is 0 Å². The number of likely N-dealkylation sites (tertiary alicyclic amines) is 1. The molecule has 2 aliphatic heterocycles. The largest absolute Gasteiger partial charge is 0.328 e. The molecule has 0 saturated carbocycles. The summed E-state index contributed by atoms with van der Waals surface area (Å²) in [6.07, 6.45) is 3.15. The fraction of sp³-hybridized carbons (Fsp3) is 0.364. The van der Waals surface area contributed by atoms with Gasteiger partial charge in [-0.05, 0) is 36.5 Å². The standard InChI is InChI=1S/C22H24N4/c1-16-6-5-9-20(24-16)15-25-12-18-10-22-23-11-21(17-7-3-2-4-8-17)26(22)14-19(18)13-25/h2-9,11,18-19H,10,12-15H2,1H3/t18-,19-/m1/s1. The molecule has 0 bridgehead atoms. The van der Waals surface area contributed by atoms with Gasteiger partial charge in [0.05, 0.1) is 17.6 Å². The molecule has 4 nitrogen and oxygen atoms in total. The zero-order valence-corrected chi connectivity index (χ0v) is 15.2. The number of aromatic nitrogens is 3. The van der Waals surface area contributed by atoms with E-state index in [1.165, 1.54) is 22.8 Å². The fourth-order valence-electron chi connectivity index (χ4n) is 4.61. The lowest BCUT2D eigenvalue weighted by atomic mass is 9.89. The van der Waals surface area contributed by atoms with E-state index in [-0.39, 0.29) is 0 Å². The summed E-state index contributed by atoms with van der Waals surface area (Å²) in [6, 6.07) is 17.0. The maximum Gasteiger partial charge on any atom is 0.109 e. The first-order chi connectivity index (χ1) is 12.8. The summed E-state index contributed by atoms with van der Waals surface area (Å²) in [4.78, 5) is 12.0. The molecular formula is C22H24N4. The highest BCUT2D eigenvalue weighted by atomic mass is 15.2. The second kappa shape index (κ2) is 6.36. The van der Waals surface area contributed by atoms with Gasteiger partial charge in [0, 0.05) is 38.3 Å². The van der Waals surface area contributed by atoms with E-state index >= 15 is 0 Å². The number of imidazole rings is 1. The van der Waals surface area contributed by atoms with E-state index in [1.54, 1.807) is 0 Å². The maximum absolute atomic E-state index is 4.75. The number of aryl methyl sites for hydroxylation is 1. The first-order valence-electron chi connectivity index (χ1n) is 9.51. The lowest BCUT2D eigenvalue weighted by molar-refractivity contribution is 0.304. The van der Waals surface area contributed by atoms with Crippen molar-refractivity contribution in [2.75, 3.05) is 13.1 Å². The summed E-state index contributed by atoms with van der Waals surface area (Å²) in [5.74, 6) is 2.68. The van der Waals surface area contributed by atoms with Crippen LogP contribution in [0.2, 0.25) is 0 Å². The molecule has 0 amide bonds. The van der Waals surface area contributed by atoms with Crippen molar-refractivity contribution in [3.63, 3.8) is 0 Å². The summed E-state index contributed by atoms with van der Waals surface area (Å²) < 4.78 is 2.45. The van der Waals surface area contributed by atoms with Gasteiger partial charge in [0.1, 0.15) is 5.82 Å². The zero-order chi connectivity index (χ0) is 17.5. The Bertz CT molecular complexity index is 915. The highest BCUT2D eigenvalue weighted by Gasteiger charge is 2.37. The quantitative estimate of drug-likeness (QED) is 0.728. The number of benzene rings is 1. The van der Waals surface area contributed by atoms with Crippen LogP contribution in [0.3, 0.4) is 0 Å². The molecule has 1 aromatic carbocycles. The monoisotopic (exact) mass is 344 g/mol. The number of rotatable bonds is 3. The zero-order valence-electron chi connectivity index (χ0n) is 15.2. The van der Waals surface area contributed by atoms with Crippen LogP contribution in [0.1, 0.15) is 17.2 Å². The van der Waals surface area contributed by atoms with E-state index in [4.69, 9.17) is 4.98 Å². The minimum atomic E-state index is 0.712. The predicted molar refractivity (Wildman–Crippen MR) is 103 cm³/mol. The van der Waals surface area contributed by atoms with Gasteiger partial charge in [-0.25, -0.2) is 4.98 Å². The van der Waals surface area contributed by atoms with Crippen molar-refractivity contribution in [2.24, 2.45) is 11.8 Å². The molecule has 0 radical (unpaired) electrons. The topological polar surface area (TPSA) is 34.0 Å². The molecule has 132 valence electrons. The van der Waals surface area contributed by atoms with Crippen LogP contribution in [-0.4, -0.2) is 32.5 Å². The lowest BCUT2D eigenvalue weighted by Gasteiger charge is -2.27. The summed E-state index contributed by atoms with van der Waals surface area (Å²) in [6.45, 7) is 6.43. The van der Waals surface area contributed by atoms with Crippen LogP contribution >= 0.6 is 0 Å². The van der Waals surface area contributed by atoms with Crippen molar-refractivity contribution in [3.05, 3.63) is 71.9 Å². The summed E-state index contributed by atoms with van der Waals surface area (Å²) in [7, 11) is 0. The SMILES string of the molecule is Cc1cccc(CN2C[C@H]3Cc4ncc(-c5ccccc5)n4C[C@H]3C2)n1. The van der Waals surface area contributed by atoms with Crippen molar-refractivity contribution in [1.29, 1.82) is 0 Å². The smallest absolute Gasteiger partial charge is 0.109 e. The molecule has 5 rings (SSSR count). The number of hydrogen-bond acceptors (Lipinski definition) is 3. The Morgan fingerprint density at radius 1 is 0.962 bits per heavy atom. The third-order valence-electron chi connectivity index (χ3n) is 5.85. The molecule has 0 aliphatic carbocycles. The third-order valence-corrected chi connectivity index (χ3v) is 5.85. The molecule has 26 heavy (non-hydrogen) atoms. The van der Waals surface area contributed by atoms with Crippen LogP contribution in [0, 0.1) is 18.8 Å².